The highest BCUT2D eigenvalue weighted by molar-refractivity contribution is 5.79. The number of ketones is 1. The molecule has 0 radical (unpaired) electrons. The second kappa shape index (κ2) is 11.6. The SMILES string of the molecule is C=C.CCOC(C)OCC.C[C@]12CCC(=O)C[C@@H]1CC[C@@H]1[C@@H]2CC[C@]2(C)[C@H](N)[C@@H](O)C[C@@H]12. The van der Waals surface area contributed by atoms with E-state index in [1.807, 2.05) is 20.8 Å². The molecule has 4 saturated carbocycles. The van der Waals surface area contributed by atoms with Gasteiger partial charge in [-0.05, 0) is 93.8 Å². The summed E-state index contributed by atoms with van der Waals surface area (Å²) in [5, 5.41) is 10.3. The second-order valence-electron chi connectivity index (χ2n) is 10.8. The summed E-state index contributed by atoms with van der Waals surface area (Å²) >= 11 is 0. The Morgan fingerprint density at radius 2 is 1.69 bits per heavy atom. The number of fused-ring (bicyclic) bond motifs is 5. The molecule has 0 aromatic heterocycles. The molecule has 0 aliphatic heterocycles. The molecule has 4 fully saturated rings. The number of aliphatic hydroxyl groups excluding tert-OH is 1. The summed E-state index contributed by atoms with van der Waals surface area (Å²) in [5.74, 6) is 3.15. The van der Waals surface area contributed by atoms with Crippen LogP contribution in [-0.2, 0) is 14.3 Å². The summed E-state index contributed by atoms with van der Waals surface area (Å²) in [7, 11) is 0. The van der Waals surface area contributed by atoms with Gasteiger partial charge in [-0.1, -0.05) is 13.8 Å². The first-order chi connectivity index (χ1) is 15.2. The Labute approximate surface area is 196 Å². The molecule has 0 unspecified atom stereocenters. The van der Waals surface area contributed by atoms with Gasteiger partial charge in [0.25, 0.3) is 0 Å². The van der Waals surface area contributed by atoms with Gasteiger partial charge in [0.1, 0.15) is 5.78 Å². The molecule has 32 heavy (non-hydrogen) atoms. The zero-order valence-electron chi connectivity index (χ0n) is 21.3. The number of carbonyl (C=O) groups excluding carboxylic acids is 1. The van der Waals surface area contributed by atoms with Crippen molar-refractivity contribution in [2.75, 3.05) is 13.2 Å². The molecule has 4 aliphatic carbocycles. The van der Waals surface area contributed by atoms with Crippen LogP contribution in [0.5, 0.6) is 0 Å². The molecule has 3 N–H and O–H groups in total. The van der Waals surface area contributed by atoms with E-state index in [0.717, 1.165) is 57.2 Å². The average molecular weight is 452 g/mol. The Balaban J connectivity index is 0.000000311. The monoisotopic (exact) mass is 451 g/mol. The van der Waals surface area contributed by atoms with Crippen molar-refractivity contribution in [3.05, 3.63) is 13.2 Å². The first-order valence-corrected chi connectivity index (χ1v) is 12.9. The lowest BCUT2D eigenvalue weighted by Crippen LogP contribution is -2.55. The van der Waals surface area contributed by atoms with Gasteiger partial charge in [-0.15, -0.1) is 13.2 Å². The van der Waals surface area contributed by atoms with Gasteiger partial charge in [-0.3, -0.25) is 4.79 Å². The van der Waals surface area contributed by atoms with E-state index in [2.05, 4.69) is 27.0 Å². The van der Waals surface area contributed by atoms with Gasteiger partial charge < -0.3 is 20.3 Å². The Morgan fingerprint density at radius 1 is 1.06 bits per heavy atom. The van der Waals surface area contributed by atoms with Crippen molar-refractivity contribution in [3.8, 4) is 0 Å². The van der Waals surface area contributed by atoms with Crippen LogP contribution < -0.4 is 5.73 Å². The molecular formula is C27H49NO4. The highest BCUT2D eigenvalue weighted by Gasteiger charge is 2.61. The van der Waals surface area contributed by atoms with Crippen LogP contribution in [0.4, 0.5) is 0 Å². The molecule has 0 heterocycles. The van der Waals surface area contributed by atoms with E-state index in [4.69, 9.17) is 15.2 Å². The van der Waals surface area contributed by atoms with Crippen LogP contribution in [0.3, 0.4) is 0 Å². The van der Waals surface area contributed by atoms with Crippen LogP contribution in [-0.4, -0.2) is 42.5 Å². The topological polar surface area (TPSA) is 81.8 Å². The normalized spacial score (nSPS) is 42.6. The van der Waals surface area contributed by atoms with E-state index in [9.17, 15) is 9.90 Å². The molecule has 4 aliphatic rings. The Morgan fingerprint density at radius 3 is 2.28 bits per heavy atom. The van der Waals surface area contributed by atoms with Crippen molar-refractivity contribution >= 4 is 5.78 Å². The zero-order valence-corrected chi connectivity index (χ0v) is 21.3. The van der Waals surface area contributed by atoms with E-state index < -0.39 is 0 Å². The maximum atomic E-state index is 11.9. The summed E-state index contributed by atoms with van der Waals surface area (Å²) in [5.41, 5.74) is 6.87. The van der Waals surface area contributed by atoms with Gasteiger partial charge in [-0.25, -0.2) is 0 Å². The molecule has 186 valence electrons. The van der Waals surface area contributed by atoms with Crippen LogP contribution in [0, 0.1) is 34.5 Å². The van der Waals surface area contributed by atoms with Crippen LogP contribution in [0.25, 0.3) is 0 Å². The van der Waals surface area contributed by atoms with Gasteiger partial charge in [-0.2, -0.15) is 0 Å². The number of hydrogen-bond donors (Lipinski definition) is 2. The number of rotatable bonds is 4. The van der Waals surface area contributed by atoms with E-state index in [0.29, 0.717) is 23.0 Å². The molecule has 0 saturated heterocycles. The van der Waals surface area contributed by atoms with Crippen molar-refractivity contribution in [1.29, 1.82) is 0 Å². The van der Waals surface area contributed by atoms with Crippen LogP contribution in [0.2, 0.25) is 0 Å². The lowest BCUT2D eigenvalue weighted by atomic mass is 9.45. The third-order valence-corrected chi connectivity index (χ3v) is 9.39. The average Bonchev–Trinajstić information content (AvgIpc) is 3.00. The first kappa shape index (κ1) is 27.5. The van der Waals surface area contributed by atoms with Crippen molar-refractivity contribution in [2.45, 2.75) is 104 Å². The van der Waals surface area contributed by atoms with Gasteiger partial charge in [0.15, 0.2) is 6.29 Å². The minimum Gasteiger partial charge on any atom is -0.391 e. The van der Waals surface area contributed by atoms with Gasteiger partial charge in [0, 0.05) is 32.1 Å². The molecule has 0 aromatic rings. The molecule has 8 atom stereocenters. The van der Waals surface area contributed by atoms with Gasteiger partial charge >= 0.3 is 0 Å². The van der Waals surface area contributed by atoms with E-state index in [-0.39, 0.29) is 23.9 Å². The number of ether oxygens (including phenoxy) is 2. The number of aliphatic hydroxyl groups is 1. The second-order valence-corrected chi connectivity index (χ2v) is 10.8. The summed E-state index contributed by atoms with van der Waals surface area (Å²) in [4.78, 5) is 11.9. The van der Waals surface area contributed by atoms with E-state index in [1.54, 1.807) is 0 Å². The Kier molecular flexibility index (Phi) is 9.96. The molecule has 0 amide bonds. The summed E-state index contributed by atoms with van der Waals surface area (Å²) in [6.45, 7) is 18.0. The quantitative estimate of drug-likeness (QED) is 0.459. The number of Topliss-reactive ketones (excluding diaryl/α,β-unsaturated/α-hetero) is 1. The molecule has 5 heteroatoms. The lowest BCUT2D eigenvalue weighted by Gasteiger charge is -2.60. The predicted octanol–water partition coefficient (Wildman–Crippen LogP) is 5.10. The largest absolute Gasteiger partial charge is 0.391 e. The number of hydrogen-bond acceptors (Lipinski definition) is 5. The molecule has 0 bridgehead atoms. The van der Waals surface area contributed by atoms with Crippen LogP contribution in [0.15, 0.2) is 13.2 Å². The van der Waals surface area contributed by atoms with Crippen LogP contribution >= 0.6 is 0 Å². The third kappa shape index (κ3) is 5.32. The van der Waals surface area contributed by atoms with Crippen molar-refractivity contribution < 1.29 is 19.4 Å². The first-order valence-electron chi connectivity index (χ1n) is 12.9. The molecule has 0 spiro atoms. The maximum absolute atomic E-state index is 11.9. The standard InChI is InChI=1S/C19H31NO2.C6H14O2.C2H4/c1-18-7-5-12(21)9-11(18)3-4-13-14(18)6-8-19(2)15(13)10-16(22)17(19)20;1-4-7-6(3)8-5-2;1-2/h11,13-17,22H,3-10,20H2,1-2H3;6H,4-5H2,1-3H3;1-2H2/t11-,13+,14-,15-,16-,17+,18-,19-;;/m0../s1. The molecule has 0 aromatic carbocycles. The van der Waals surface area contributed by atoms with Gasteiger partial charge in [0.05, 0.1) is 6.10 Å². The minimum atomic E-state index is -0.313. The number of carbonyl (C=O) groups is 1. The van der Waals surface area contributed by atoms with Crippen molar-refractivity contribution in [1.82, 2.24) is 0 Å². The van der Waals surface area contributed by atoms with Gasteiger partial charge in [0.2, 0.25) is 0 Å². The zero-order chi connectivity index (χ0) is 24.1. The van der Waals surface area contributed by atoms with E-state index in [1.165, 1.54) is 19.3 Å². The number of nitrogens with two attached hydrogens (primary N) is 1. The fourth-order valence-corrected chi connectivity index (χ4v) is 7.61. The minimum absolute atomic E-state index is 0.0370. The maximum Gasteiger partial charge on any atom is 0.154 e. The third-order valence-electron chi connectivity index (χ3n) is 9.39. The summed E-state index contributed by atoms with van der Waals surface area (Å²) < 4.78 is 10.1. The summed E-state index contributed by atoms with van der Waals surface area (Å²) in [6.07, 6.45) is 8.13. The van der Waals surface area contributed by atoms with Crippen molar-refractivity contribution in [2.24, 2.45) is 40.2 Å². The lowest BCUT2D eigenvalue weighted by molar-refractivity contribution is -0.138. The molecule has 5 nitrogen and oxygen atoms in total. The fourth-order valence-electron chi connectivity index (χ4n) is 7.61. The fraction of sp³-hybridized carbons (Fsp3) is 0.889. The predicted molar refractivity (Wildman–Crippen MR) is 130 cm³/mol. The highest BCUT2D eigenvalue weighted by atomic mass is 16.7. The highest BCUT2D eigenvalue weighted by Crippen LogP contribution is 2.65. The molecular weight excluding hydrogens is 402 g/mol. The smallest absolute Gasteiger partial charge is 0.154 e. The molecule has 4 rings (SSSR count). The Bertz CT molecular complexity index is 606. The van der Waals surface area contributed by atoms with E-state index >= 15 is 0 Å². The van der Waals surface area contributed by atoms with Crippen LogP contribution in [0.1, 0.15) is 86.0 Å². The van der Waals surface area contributed by atoms with Crippen molar-refractivity contribution in [3.63, 3.8) is 0 Å². The Hall–Kier alpha value is -0.750. The summed E-state index contributed by atoms with van der Waals surface area (Å²) in [6, 6.07) is -0.0445.